The average molecular weight is 380 g/mol. The van der Waals surface area contributed by atoms with E-state index in [4.69, 9.17) is 16.3 Å². The van der Waals surface area contributed by atoms with Crippen LogP contribution in [0.15, 0.2) is 36.4 Å². The van der Waals surface area contributed by atoms with Crippen molar-refractivity contribution in [2.75, 3.05) is 11.9 Å². The minimum Gasteiger partial charge on any atom is -0.463 e. The van der Waals surface area contributed by atoms with Crippen LogP contribution in [0.2, 0.25) is 5.02 Å². The summed E-state index contributed by atoms with van der Waals surface area (Å²) >= 11 is 5.95. The number of esters is 1. The van der Waals surface area contributed by atoms with Gasteiger partial charge in [0.2, 0.25) is 5.91 Å². The van der Waals surface area contributed by atoms with E-state index in [0.29, 0.717) is 17.3 Å². The Morgan fingerprint density at radius 1 is 0.962 bits per heavy atom. The fourth-order valence-corrected chi connectivity index (χ4v) is 2.70. The number of hydrogen-bond donors (Lipinski definition) is 1. The van der Waals surface area contributed by atoms with Crippen molar-refractivity contribution in [1.29, 1.82) is 0 Å². The van der Waals surface area contributed by atoms with Gasteiger partial charge in [0.25, 0.3) is 0 Å². The molecule has 0 radical (unpaired) electrons. The number of benzene rings is 1. The van der Waals surface area contributed by atoms with E-state index in [2.05, 4.69) is 12.2 Å². The maximum atomic E-state index is 11.7. The van der Waals surface area contributed by atoms with E-state index in [1.54, 1.807) is 24.3 Å². The van der Waals surface area contributed by atoms with Crippen LogP contribution >= 0.6 is 11.6 Å². The lowest BCUT2D eigenvalue weighted by atomic mass is 10.1. The standard InChI is InChI=1S/C21H30ClNO3/c1-2-3-4-5-6-7-8-9-12-17-26-21(25)16-15-20(24)23-19-14-11-10-13-18(19)22/h10-11,13-16H,2-9,12,17H2,1H3,(H,23,24)/b16-15+. The quantitative estimate of drug-likeness (QED) is 0.263. The smallest absolute Gasteiger partial charge is 0.330 e. The van der Waals surface area contributed by atoms with Crippen molar-refractivity contribution >= 4 is 29.2 Å². The second kappa shape index (κ2) is 14.4. The zero-order valence-electron chi connectivity index (χ0n) is 15.6. The van der Waals surface area contributed by atoms with Crippen LogP contribution in [0, 0.1) is 0 Å². The molecule has 1 aromatic carbocycles. The van der Waals surface area contributed by atoms with Gasteiger partial charge >= 0.3 is 5.97 Å². The second-order valence-corrected chi connectivity index (χ2v) is 6.71. The number of rotatable bonds is 13. The Morgan fingerprint density at radius 3 is 2.23 bits per heavy atom. The van der Waals surface area contributed by atoms with E-state index < -0.39 is 11.9 Å². The lowest BCUT2D eigenvalue weighted by Crippen LogP contribution is -2.10. The molecule has 0 aliphatic heterocycles. The first-order valence-electron chi connectivity index (χ1n) is 9.54. The van der Waals surface area contributed by atoms with E-state index >= 15 is 0 Å². The first-order valence-corrected chi connectivity index (χ1v) is 9.91. The third-order valence-corrected chi connectivity index (χ3v) is 4.32. The number of nitrogens with one attached hydrogen (secondary N) is 1. The van der Waals surface area contributed by atoms with E-state index in [1.165, 1.54) is 44.9 Å². The molecule has 1 rings (SSSR count). The molecule has 0 bridgehead atoms. The summed E-state index contributed by atoms with van der Waals surface area (Å²) in [5, 5.41) is 3.06. The molecule has 0 fully saturated rings. The van der Waals surface area contributed by atoms with Crippen molar-refractivity contribution in [2.24, 2.45) is 0 Å². The molecule has 0 unspecified atom stereocenters. The Kier molecular flexibility index (Phi) is 12.3. The normalized spacial score (nSPS) is 10.8. The molecule has 0 heterocycles. The molecule has 144 valence electrons. The molecule has 0 atom stereocenters. The Balaban J connectivity index is 2.06. The van der Waals surface area contributed by atoms with Crippen molar-refractivity contribution < 1.29 is 14.3 Å². The number of halogens is 1. The lowest BCUT2D eigenvalue weighted by Gasteiger charge is -2.04. The van der Waals surface area contributed by atoms with Crippen LogP contribution in [0.25, 0.3) is 0 Å². The van der Waals surface area contributed by atoms with E-state index in [0.717, 1.165) is 25.0 Å². The summed E-state index contributed by atoms with van der Waals surface area (Å²) in [5.74, 6) is -0.919. The van der Waals surface area contributed by atoms with Gasteiger partial charge in [0.05, 0.1) is 17.3 Å². The topological polar surface area (TPSA) is 55.4 Å². The number of anilines is 1. The zero-order chi connectivity index (χ0) is 19.0. The Hall–Kier alpha value is -1.81. The van der Waals surface area contributed by atoms with Gasteiger partial charge in [-0.2, -0.15) is 0 Å². The molecule has 0 saturated carbocycles. The van der Waals surface area contributed by atoms with Gasteiger partial charge in [0, 0.05) is 12.2 Å². The highest BCUT2D eigenvalue weighted by Gasteiger charge is 2.03. The van der Waals surface area contributed by atoms with Crippen LogP contribution in [0.1, 0.15) is 64.7 Å². The molecular weight excluding hydrogens is 350 g/mol. The zero-order valence-corrected chi connectivity index (χ0v) is 16.4. The summed E-state index contributed by atoms with van der Waals surface area (Å²) in [4.78, 5) is 23.3. The van der Waals surface area contributed by atoms with Crippen LogP contribution in [0.4, 0.5) is 5.69 Å². The minimum absolute atomic E-state index is 0.394. The first-order chi connectivity index (χ1) is 12.6. The van der Waals surface area contributed by atoms with Gasteiger partial charge in [-0.15, -0.1) is 0 Å². The third-order valence-electron chi connectivity index (χ3n) is 3.99. The number of ether oxygens (including phenoxy) is 1. The fourth-order valence-electron chi connectivity index (χ4n) is 2.51. The largest absolute Gasteiger partial charge is 0.463 e. The van der Waals surface area contributed by atoms with Crippen LogP contribution in [0.3, 0.4) is 0 Å². The Morgan fingerprint density at radius 2 is 1.58 bits per heavy atom. The van der Waals surface area contributed by atoms with Crippen molar-refractivity contribution in [3.8, 4) is 0 Å². The van der Waals surface area contributed by atoms with Gasteiger partial charge in [0.1, 0.15) is 0 Å². The molecule has 0 aliphatic carbocycles. The lowest BCUT2D eigenvalue weighted by molar-refractivity contribution is -0.138. The predicted molar refractivity (Wildman–Crippen MR) is 107 cm³/mol. The molecule has 4 nitrogen and oxygen atoms in total. The number of carbonyl (C=O) groups excluding carboxylic acids is 2. The predicted octanol–water partition coefficient (Wildman–Crippen LogP) is 5.91. The van der Waals surface area contributed by atoms with Gasteiger partial charge in [-0.05, 0) is 18.6 Å². The second-order valence-electron chi connectivity index (χ2n) is 6.30. The molecule has 0 aliphatic rings. The highest BCUT2D eigenvalue weighted by Crippen LogP contribution is 2.20. The highest BCUT2D eigenvalue weighted by molar-refractivity contribution is 6.33. The average Bonchev–Trinajstić information content (AvgIpc) is 2.63. The number of hydrogen-bond acceptors (Lipinski definition) is 3. The van der Waals surface area contributed by atoms with E-state index in [-0.39, 0.29) is 0 Å². The van der Waals surface area contributed by atoms with Crippen molar-refractivity contribution in [3.63, 3.8) is 0 Å². The molecule has 0 saturated heterocycles. The summed E-state index contributed by atoms with van der Waals surface area (Å²) in [6.07, 6.45) is 13.2. The van der Waals surface area contributed by atoms with Crippen molar-refractivity contribution in [3.05, 3.63) is 41.4 Å². The molecule has 5 heteroatoms. The van der Waals surface area contributed by atoms with Crippen LogP contribution < -0.4 is 5.32 Å². The SMILES string of the molecule is CCCCCCCCCCCOC(=O)/C=C/C(=O)Nc1ccccc1Cl. The summed E-state index contributed by atoms with van der Waals surface area (Å²) in [6.45, 7) is 2.62. The summed E-state index contributed by atoms with van der Waals surface area (Å²) in [5.41, 5.74) is 0.506. The Labute approximate surface area is 162 Å². The summed E-state index contributed by atoms with van der Waals surface area (Å²) in [6, 6.07) is 6.92. The summed E-state index contributed by atoms with van der Waals surface area (Å²) < 4.78 is 5.09. The van der Waals surface area contributed by atoms with Gasteiger partial charge in [-0.1, -0.05) is 82.0 Å². The molecule has 1 amide bonds. The fraction of sp³-hybridized carbons (Fsp3) is 0.524. The van der Waals surface area contributed by atoms with Gasteiger partial charge < -0.3 is 10.1 Å². The van der Waals surface area contributed by atoms with Crippen molar-refractivity contribution in [1.82, 2.24) is 0 Å². The number of para-hydroxylation sites is 1. The Bertz CT molecular complexity index is 572. The molecular formula is C21H30ClNO3. The van der Waals surface area contributed by atoms with E-state index in [1.807, 2.05) is 0 Å². The highest BCUT2D eigenvalue weighted by atomic mass is 35.5. The van der Waals surface area contributed by atoms with Crippen LogP contribution in [0.5, 0.6) is 0 Å². The maximum absolute atomic E-state index is 11.7. The number of carbonyl (C=O) groups is 2. The monoisotopic (exact) mass is 379 g/mol. The molecule has 1 N–H and O–H groups in total. The first kappa shape index (κ1) is 22.2. The van der Waals surface area contributed by atoms with Gasteiger partial charge in [-0.3, -0.25) is 4.79 Å². The van der Waals surface area contributed by atoms with Gasteiger partial charge in [-0.25, -0.2) is 4.79 Å². The van der Waals surface area contributed by atoms with E-state index in [9.17, 15) is 9.59 Å². The third kappa shape index (κ3) is 10.9. The maximum Gasteiger partial charge on any atom is 0.330 e. The minimum atomic E-state index is -0.501. The number of amides is 1. The molecule has 26 heavy (non-hydrogen) atoms. The van der Waals surface area contributed by atoms with Gasteiger partial charge in [0.15, 0.2) is 0 Å². The summed E-state index contributed by atoms with van der Waals surface area (Å²) in [7, 11) is 0. The molecule has 1 aromatic rings. The number of unbranched alkanes of at least 4 members (excludes halogenated alkanes) is 8. The van der Waals surface area contributed by atoms with Crippen LogP contribution in [-0.2, 0) is 14.3 Å². The van der Waals surface area contributed by atoms with Crippen molar-refractivity contribution in [2.45, 2.75) is 64.7 Å². The van der Waals surface area contributed by atoms with Crippen LogP contribution in [-0.4, -0.2) is 18.5 Å². The molecule has 0 aromatic heterocycles. The molecule has 0 spiro atoms.